The van der Waals surface area contributed by atoms with Crippen LogP contribution in [0.1, 0.15) is 11.3 Å². The normalized spacial score (nSPS) is 14.4. The van der Waals surface area contributed by atoms with E-state index in [2.05, 4.69) is 33.0 Å². The highest BCUT2D eigenvalue weighted by atomic mass is 79.9. The fourth-order valence-electron chi connectivity index (χ4n) is 3.66. The number of anilines is 1. The molecular formula is C25H22BrN3O2. The monoisotopic (exact) mass is 475 g/mol. The van der Waals surface area contributed by atoms with E-state index >= 15 is 0 Å². The van der Waals surface area contributed by atoms with Gasteiger partial charge in [0, 0.05) is 48.0 Å². The lowest BCUT2D eigenvalue weighted by atomic mass is 10.1. The summed E-state index contributed by atoms with van der Waals surface area (Å²) in [6.45, 7) is 4.65. The van der Waals surface area contributed by atoms with E-state index in [9.17, 15) is 10.1 Å². The van der Waals surface area contributed by atoms with Crippen molar-refractivity contribution in [1.82, 2.24) is 4.90 Å². The Kier molecular flexibility index (Phi) is 6.24. The molecule has 0 atom stereocenters. The Bertz CT molecular complexity index is 1150. The Labute approximate surface area is 190 Å². The number of halogens is 1. The Balaban J connectivity index is 1.46. The van der Waals surface area contributed by atoms with E-state index in [4.69, 9.17) is 4.42 Å². The maximum Gasteiger partial charge on any atom is 0.264 e. The van der Waals surface area contributed by atoms with Gasteiger partial charge in [0.15, 0.2) is 0 Å². The molecule has 0 saturated carbocycles. The van der Waals surface area contributed by atoms with Crippen LogP contribution in [-0.4, -0.2) is 37.0 Å². The van der Waals surface area contributed by atoms with Crippen molar-refractivity contribution in [2.45, 2.75) is 6.92 Å². The summed E-state index contributed by atoms with van der Waals surface area (Å²) < 4.78 is 6.83. The maximum atomic E-state index is 12.9. The van der Waals surface area contributed by atoms with E-state index in [0.717, 1.165) is 34.4 Å². The first-order valence-electron chi connectivity index (χ1n) is 10.1. The minimum absolute atomic E-state index is 0.0806. The Morgan fingerprint density at radius 3 is 2.48 bits per heavy atom. The number of aryl methyl sites for hydroxylation is 1. The molecule has 6 heteroatoms. The molecule has 1 aliphatic heterocycles. The Morgan fingerprint density at radius 1 is 1.06 bits per heavy atom. The molecule has 1 aliphatic rings. The zero-order valence-corrected chi connectivity index (χ0v) is 18.8. The van der Waals surface area contributed by atoms with Gasteiger partial charge < -0.3 is 14.2 Å². The van der Waals surface area contributed by atoms with Crippen LogP contribution in [0.5, 0.6) is 0 Å². The van der Waals surface area contributed by atoms with Crippen LogP contribution in [0.15, 0.2) is 75.1 Å². The molecular weight excluding hydrogens is 454 g/mol. The van der Waals surface area contributed by atoms with Crippen molar-refractivity contribution in [3.63, 3.8) is 0 Å². The van der Waals surface area contributed by atoms with Gasteiger partial charge in [-0.2, -0.15) is 5.26 Å². The quantitative estimate of drug-likeness (QED) is 0.380. The van der Waals surface area contributed by atoms with Crippen molar-refractivity contribution in [3.05, 3.63) is 82.0 Å². The van der Waals surface area contributed by atoms with Gasteiger partial charge in [0.2, 0.25) is 0 Å². The first-order valence-corrected chi connectivity index (χ1v) is 10.9. The van der Waals surface area contributed by atoms with Crippen molar-refractivity contribution < 1.29 is 9.21 Å². The second-order valence-corrected chi connectivity index (χ2v) is 8.32. The molecule has 2 aromatic carbocycles. The molecule has 156 valence electrons. The number of furan rings is 1. The van der Waals surface area contributed by atoms with Gasteiger partial charge in [-0.05, 0) is 48.9 Å². The van der Waals surface area contributed by atoms with Crippen LogP contribution in [0, 0.1) is 18.3 Å². The van der Waals surface area contributed by atoms with Crippen LogP contribution < -0.4 is 4.90 Å². The number of carbonyl (C=O) groups excluding carboxylic acids is 1. The standard InChI is InChI=1S/C25H22BrN3O2/c1-18-7-9-22(23(26)15-18)24-10-8-21(31-24)16-19(17-27)25(30)29-13-11-28(12-14-29)20-5-3-2-4-6-20/h2-10,15-16H,11-14H2,1H3. The highest BCUT2D eigenvalue weighted by Crippen LogP contribution is 2.31. The first-order chi connectivity index (χ1) is 15.0. The smallest absolute Gasteiger partial charge is 0.264 e. The van der Waals surface area contributed by atoms with E-state index in [1.54, 1.807) is 11.0 Å². The predicted octanol–water partition coefficient (Wildman–Crippen LogP) is 5.27. The molecule has 1 fully saturated rings. The van der Waals surface area contributed by atoms with E-state index in [-0.39, 0.29) is 11.5 Å². The fraction of sp³-hybridized carbons (Fsp3) is 0.200. The number of hydrogen-bond donors (Lipinski definition) is 0. The lowest BCUT2D eigenvalue weighted by molar-refractivity contribution is -0.126. The highest BCUT2D eigenvalue weighted by molar-refractivity contribution is 9.10. The third-order valence-corrected chi connectivity index (χ3v) is 6.00. The van der Waals surface area contributed by atoms with E-state index < -0.39 is 0 Å². The number of nitrogens with zero attached hydrogens (tertiary/aromatic N) is 3. The molecule has 1 saturated heterocycles. The second kappa shape index (κ2) is 9.23. The molecule has 0 N–H and O–H groups in total. The number of nitriles is 1. The third kappa shape index (κ3) is 4.73. The lowest BCUT2D eigenvalue weighted by Crippen LogP contribution is -2.49. The fourth-order valence-corrected chi connectivity index (χ4v) is 4.34. The number of rotatable bonds is 4. The summed E-state index contributed by atoms with van der Waals surface area (Å²) in [6.07, 6.45) is 1.53. The average molecular weight is 476 g/mol. The van der Waals surface area contributed by atoms with Crippen molar-refractivity contribution in [1.29, 1.82) is 5.26 Å². The van der Waals surface area contributed by atoms with Crippen LogP contribution in [0.25, 0.3) is 17.4 Å². The molecule has 1 aromatic heterocycles. The SMILES string of the molecule is Cc1ccc(-c2ccc(C=C(C#N)C(=O)N3CCN(c4ccccc4)CC3)o2)c(Br)c1. The van der Waals surface area contributed by atoms with Crippen molar-refractivity contribution >= 4 is 33.6 Å². The summed E-state index contributed by atoms with van der Waals surface area (Å²) in [4.78, 5) is 16.9. The average Bonchev–Trinajstić information content (AvgIpc) is 3.26. The van der Waals surface area contributed by atoms with Gasteiger partial charge >= 0.3 is 0 Å². The van der Waals surface area contributed by atoms with E-state index in [1.165, 1.54) is 6.08 Å². The zero-order chi connectivity index (χ0) is 21.8. The number of hydrogen-bond acceptors (Lipinski definition) is 4. The Hall–Kier alpha value is -3.30. The predicted molar refractivity (Wildman–Crippen MR) is 125 cm³/mol. The summed E-state index contributed by atoms with van der Waals surface area (Å²) >= 11 is 3.56. The second-order valence-electron chi connectivity index (χ2n) is 7.47. The third-order valence-electron chi connectivity index (χ3n) is 5.34. The van der Waals surface area contributed by atoms with Crippen LogP contribution >= 0.6 is 15.9 Å². The summed E-state index contributed by atoms with van der Waals surface area (Å²) in [6, 6.07) is 21.8. The minimum Gasteiger partial charge on any atom is -0.457 e. The van der Waals surface area contributed by atoms with Gasteiger partial charge in [-0.1, -0.05) is 40.2 Å². The van der Waals surface area contributed by atoms with Crippen LogP contribution in [0.4, 0.5) is 5.69 Å². The molecule has 2 heterocycles. The zero-order valence-electron chi connectivity index (χ0n) is 17.2. The van der Waals surface area contributed by atoms with E-state index in [0.29, 0.717) is 24.6 Å². The highest BCUT2D eigenvalue weighted by Gasteiger charge is 2.24. The first kappa shape index (κ1) is 21.0. The summed E-state index contributed by atoms with van der Waals surface area (Å²) in [7, 11) is 0. The molecule has 5 nitrogen and oxygen atoms in total. The van der Waals surface area contributed by atoms with Gasteiger partial charge in [0.25, 0.3) is 5.91 Å². The van der Waals surface area contributed by atoms with Crippen molar-refractivity contribution in [3.8, 4) is 17.4 Å². The molecule has 3 aromatic rings. The summed E-state index contributed by atoms with van der Waals surface area (Å²) in [5.74, 6) is 0.902. The van der Waals surface area contributed by atoms with Gasteiger partial charge in [-0.3, -0.25) is 4.79 Å². The molecule has 0 bridgehead atoms. The van der Waals surface area contributed by atoms with Gasteiger partial charge in [0.1, 0.15) is 23.2 Å². The van der Waals surface area contributed by atoms with Crippen LogP contribution in [0.2, 0.25) is 0 Å². The van der Waals surface area contributed by atoms with Gasteiger partial charge in [-0.15, -0.1) is 0 Å². The molecule has 0 unspecified atom stereocenters. The number of benzene rings is 2. The summed E-state index contributed by atoms with van der Waals surface area (Å²) in [5, 5.41) is 9.59. The van der Waals surface area contributed by atoms with Crippen LogP contribution in [0.3, 0.4) is 0 Å². The number of piperazine rings is 1. The topological polar surface area (TPSA) is 60.5 Å². The van der Waals surface area contributed by atoms with Gasteiger partial charge in [0.05, 0.1) is 0 Å². The minimum atomic E-state index is -0.260. The molecule has 0 spiro atoms. The lowest BCUT2D eigenvalue weighted by Gasteiger charge is -2.36. The van der Waals surface area contributed by atoms with Crippen molar-refractivity contribution in [2.75, 3.05) is 31.1 Å². The Morgan fingerprint density at radius 2 is 1.81 bits per heavy atom. The number of carbonyl (C=O) groups is 1. The number of para-hydroxylation sites is 1. The van der Waals surface area contributed by atoms with Gasteiger partial charge in [-0.25, -0.2) is 0 Å². The van der Waals surface area contributed by atoms with E-state index in [1.807, 2.05) is 55.5 Å². The largest absolute Gasteiger partial charge is 0.457 e. The molecule has 0 radical (unpaired) electrons. The maximum absolute atomic E-state index is 12.9. The van der Waals surface area contributed by atoms with Crippen molar-refractivity contribution in [2.24, 2.45) is 0 Å². The molecule has 0 aliphatic carbocycles. The molecule has 31 heavy (non-hydrogen) atoms. The summed E-state index contributed by atoms with van der Waals surface area (Å²) in [5.41, 5.74) is 3.30. The molecule has 1 amide bonds. The molecule has 4 rings (SSSR count). The number of amides is 1. The van der Waals surface area contributed by atoms with Crippen LogP contribution in [-0.2, 0) is 4.79 Å².